The number of hydrogen-bond donors (Lipinski definition) is 2. The largest absolute Gasteiger partial charge is 0.481 e. The molecular formula is C12H22N2O5S. The fraction of sp³-hybridized carbons (Fsp3) is 0.833. The first-order chi connectivity index (χ1) is 9.29. The van der Waals surface area contributed by atoms with Crippen LogP contribution in [0.1, 0.15) is 38.5 Å². The summed E-state index contributed by atoms with van der Waals surface area (Å²) in [6, 6.07) is -0.148. The third-order valence-electron chi connectivity index (χ3n) is 3.26. The molecule has 0 aliphatic carbocycles. The molecule has 20 heavy (non-hydrogen) atoms. The zero-order valence-electron chi connectivity index (χ0n) is 11.7. The lowest BCUT2D eigenvalue weighted by Gasteiger charge is -2.31. The van der Waals surface area contributed by atoms with E-state index in [0.717, 1.165) is 12.8 Å². The molecule has 1 aliphatic heterocycles. The summed E-state index contributed by atoms with van der Waals surface area (Å²) in [5, 5.41) is 11.3. The van der Waals surface area contributed by atoms with Crippen LogP contribution in [-0.2, 0) is 19.6 Å². The van der Waals surface area contributed by atoms with Crippen molar-refractivity contribution >= 4 is 21.9 Å². The van der Waals surface area contributed by atoms with Crippen molar-refractivity contribution in [1.29, 1.82) is 0 Å². The normalized spacial score (nSPS) is 20.6. The highest BCUT2D eigenvalue weighted by Gasteiger charge is 2.26. The first kappa shape index (κ1) is 16.9. The van der Waals surface area contributed by atoms with Gasteiger partial charge in [0.25, 0.3) is 0 Å². The summed E-state index contributed by atoms with van der Waals surface area (Å²) in [6.07, 6.45) is 4.03. The maximum Gasteiger partial charge on any atom is 0.303 e. The number of sulfonamides is 1. The van der Waals surface area contributed by atoms with Gasteiger partial charge in [-0.25, -0.2) is 12.7 Å². The molecule has 0 bridgehead atoms. The Labute approximate surface area is 119 Å². The van der Waals surface area contributed by atoms with Crippen LogP contribution in [-0.4, -0.2) is 55.1 Å². The van der Waals surface area contributed by atoms with E-state index in [0.29, 0.717) is 25.9 Å². The van der Waals surface area contributed by atoms with Gasteiger partial charge in [0.1, 0.15) is 0 Å². The first-order valence-electron chi connectivity index (χ1n) is 6.75. The highest BCUT2D eigenvalue weighted by molar-refractivity contribution is 7.88. The molecule has 0 saturated carbocycles. The molecule has 1 amide bonds. The Bertz CT molecular complexity index is 449. The Kier molecular flexibility index (Phi) is 6.41. The Hall–Kier alpha value is -1.15. The number of unbranched alkanes of at least 4 members (excludes halogenated alkanes) is 1. The van der Waals surface area contributed by atoms with Gasteiger partial charge in [0.2, 0.25) is 15.9 Å². The number of piperidine rings is 1. The average molecular weight is 306 g/mol. The number of carbonyl (C=O) groups is 2. The van der Waals surface area contributed by atoms with Gasteiger partial charge >= 0.3 is 5.97 Å². The van der Waals surface area contributed by atoms with Crippen LogP contribution in [0.2, 0.25) is 0 Å². The third kappa shape index (κ3) is 6.33. The second-order valence-electron chi connectivity index (χ2n) is 5.13. The molecule has 0 spiro atoms. The van der Waals surface area contributed by atoms with Crippen LogP contribution in [0, 0.1) is 0 Å². The van der Waals surface area contributed by atoms with Crippen molar-refractivity contribution in [1.82, 2.24) is 9.62 Å². The molecule has 1 saturated heterocycles. The molecule has 7 nitrogen and oxygen atoms in total. The predicted octanol–water partition coefficient (Wildman–Crippen LogP) is 0.172. The molecule has 1 heterocycles. The molecule has 8 heteroatoms. The summed E-state index contributed by atoms with van der Waals surface area (Å²) in [6.45, 7) is 0.823. The molecule has 1 fully saturated rings. The zero-order valence-corrected chi connectivity index (χ0v) is 12.5. The van der Waals surface area contributed by atoms with Gasteiger partial charge in [-0.1, -0.05) is 0 Å². The van der Waals surface area contributed by atoms with Gasteiger partial charge in [-0.2, -0.15) is 0 Å². The average Bonchev–Trinajstić information content (AvgIpc) is 2.34. The molecule has 0 aromatic carbocycles. The van der Waals surface area contributed by atoms with Crippen LogP contribution in [0.5, 0.6) is 0 Å². The van der Waals surface area contributed by atoms with Gasteiger partial charge in [0, 0.05) is 32.0 Å². The minimum atomic E-state index is -3.21. The first-order valence-corrected chi connectivity index (χ1v) is 8.60. The minimum absolute atomic E-state index is 0.0680. The number of nitrogens with zero attached hydrogens (tertiary/aromatic N) is 1. The van der Waals surface area contributed by atoms with Crippen molar-refractivity contribution in [3.63, 3.8) is 0 Å². The van der Waals surface area contributed by atoms with E-state index in [-0.39, 0.29) is 24.8 Å². The topological polar surface area (TPSA) is 104 Å². The number of rotatable bonds is 7. The molecule has 1 atom stereocenters. The van der Waals surface area contributed by atoms with E-state index in [1.54, 1.807) is 0 Å². The standard InChI is InChI=1S/C12H22N2O5S/c1-20(18,19)14-8-4-5-10(9-14)13-11(15)6-2-3-7-12(16)17/h10H,2-9H2,1H3,(H,13,15)(H,16,17). The lowest BCUT2D eigenvalue weighted by Crippen LogP contribution is -2.49. The van der Waals surface area contributed by atoms with E-state index in [1.165, 1.54) is 10.6 Å². The third-order valence-corrected chi connectivity index (χ3v) is 4.53. The monoisotopic (exact) mass is 306 g/mol. The van der Waals surface area contributed by atoms with Gasteiger partial charge in [-0.3, -0.25) is 9.59 Å². The smallest absolute Gasteiger partial charge is 0.303 e. The fourth-order valence-corrected chi connectivity index (χ4v) is 3.13. The molecule has 1 rings (SSSR count). The fourth-order valence-electron chi connectivity index (χ4n) is 2.22. The summed E-state index contributed by atoms with van der Waals surface area (Å²) in [4.78, 5) is 22.0. The van der Waals surface area contributed by atoms with E-state index in [9.17, 15) is 18.0 Å². The molecule has 0 aromatic rings. The van der Waals surface area contributed by atoms with E-state index < -0.39 is 16.0 Å². The van der Waals surface area contributed by atoms with Gasteiger partial charge in [-0.15, -0.1) is 0 Å². The molecule has 0 aromatic heterocycles. The number of amides is 1. The minimum Gasteiger partial charge on any atom is -0.481 e. The second-order valence-corrected chi connectivity index (χ2v) is 7.11. The Morgan fingerprint density at radius 3 is 2.55 bits per heavy atom. The molecule has 116 valence electrons. The van der Waals surface area contributed by atoms with Gasteiger partial charge in [-0.05, 0) is 25.7 Å². The van der Waals surface area contributed by atoms with Gasteiger partial charge in [0.05, 0.1) is 6.26 Å². The van der Waals surface area contributed by atoms with Crippen molar-refractivity contribution in [2.45, 2.75) is 44.6 Å². The van der Waals surface area contributed by atoms with Crippen LogP contribution in [0.15, 0.2) is 0 Å². The highest BCUT2D eigenvalue weighted by Crippen LogP contribution is 2.13. The number of nitrogens with one attached hydrogen (secondary N) is 1. The number of carboxylic acids is 1. The Balaban J connectivity index is 2.29. The molecule has 2 N–H and O–H groups in total. The number of hydrogen-bond acceptors (Lipinski definition) is 4. The maximum atomic E-state index is 11.7. The van der Waals surface area contributed by atoms with E-state index in [2.05, 4.69) is 5.32 Å². The van der Waals surface area contributed by atoms with Crippen molar-refractivity contribution < 1.29 is 23.1 Å². The summed E-state index contributed by atoms with van der Waals surface area (Å²) in [5.74, 6) is -1.00. The van der Waals surface area contributed by atoms with Crippen molar-refractivity contribution in [3.05, 3.63) is 0 Å². The predicted molar refractivity (Wildman–Crippen MR) is 73.7 cm³/mol. The highest BCUT2D eigenvalue weighted by atomic mass is 32.2. The van der Waals surface area contributed by atoms with E-state index in [1.807, 2.05) is 0 Å². The van der Waals surface area contributed by atoms with Crippen molar-refractivity contribution in [2.75, 3.05) is 19.3 Å². The van der Waals surface area contributed by atoms with Gasteiger partial charge in [0.15, 0.2) is 0 Å². The zero-order chi connectivity index (χ0) is 15.2. The quantitative estimate of drug-likeness (QED) is 0.653. The molecule has 0 radical (unpaired) electrons. The summed E-state index contributed by atoms with van der Waals surface area (Å²) < 4.78 is 24.3. The lowest BCUT2D eigenvalue weighted by molar-refractivity contribution is -0.137. The summed E-state index contributed by atoms with van der Waals surface area (Å²) in [5.41, 5.74) is 0. The van der Waals surface area contributed by atoms with Crippen molar-refractivity contribution in [2.24, 2.45) is 0 Å². The van der Waals surface area contributed by atoms with Crippen LogP contribution < -0.4 is 5.32 Å². The van der Waals surface area contributed by atoms with Crippen molar-refractivity contribution in [3.8, 4) is 0 Å². The summed E-state index contributed by atoms with van der Waals surface area (Å²) >= 11 is 0. The van der Waals surface area contributed by atoms with Crippen LogP contribution in [0.25, 0.3) is 0 Å². The van der Waals surface area contributed by atoms with Crippen LogP contribution in [0.4, 0.5) is 0 Å². The summed E-state index contributed by atoms with van der Waals surface area (Å²) in [7, 11) is -3.21. The van der Waals surface area contributed by atoms with E-state index in [4.69, 9.17) is 5.11 Å². The number of aliphatic carboxylic acids is 1. The Morgan fingerprint density at radius 2 is 1.95 bits per heavy atom. The lowest BCUT2D eigenvalue weighted by atomic mass is 10.1. The number of carboxylic acid groups (broad SMARTS) is 1. The van der Waals surface area contributed by atoms with Gasteiger partial charge < -0.3 is 10.4 Å². The molecule has 1 unspecified atom stereocenters. The SMILES string of the molecule is CS(=O)(=O)N1CCCC(NC(=O)CCCCC(=O)O)C1. The molecule has 1 aliphatic rings. The Morgan fingerprint density at radius 1 is 1.30 bits per heavy atom. The second kappa shape index (κ2) is 7.58. The van der Waals surface area contributed by atoms with E-state index >= 15 is 0 Å². The molecular weight excluding hydrogens is 284 g/mol. The van der Waals surface area contributed by atoms with Crippen LogP contribution >= 0.6 is 0 Å². The maximum absolute atomic E-state index is 11.7. The number of carbonyl (C=O) groups excluding carboxylic acids is 1. The van der Waals surface area contributed by atoms with Crippen LogP contribution in [0.3, 0.4) is 0 Å².